The Morgan fingerprint density at radius 3 is 2.75 bits per heavy atom. The van der Waals surface area contributed by atoms with Gasteiger partial charge in [-0.3, -0.25) is 0 Å². The SMILES string of the molecule is CCCc1ccc(/C(=C/C=N)NC)c(Cl)c1. The van der Waals surface area contributed by atoms with Gasteiger partial charge in [0.25, 0.3) is 0 Å². The quantitative estimate of drug-likeness (QED) is 0.755. The van der Waals surface area contributed by atoms with E-state index >= 15 is 0 Å². The molecule has 2 nitrogen and oxygen atoms in total. The van der Waals surface area contributed by atoms with Crippen LogP contribution in [0.2, 0.25) is 5.02 Å². The molecule has 1 aromatic rings. The first kappa shape index (κ1) is 12.8. The van der Waals surface area contributed by atoms with Crippen LogP contribution in [-0.2, 0) is 6.42 Å². The lowest BCUT2D eigenvalue weighted by Gasteiger charge is -2.10. The van der Waals surface area contributed by atoms with Gasteiger partial charge in [0.2, 0.25) is 0 Å². The maximum absolute atomic E-state index is 7.08. The molecule has 0 fully saturated rings. The molecular weight excluding hydrogens is 220 g/mol. The van der Waals surface area contributed by atoms with E-state index in [4.69, 9.17) is 17.0 Å². The molecule has 0 bridgehead atoms. The molecule has 0 spiro atoms. The molecule has 0 saturated heterocycles. The number of hydrogen-bond donors (Lipinski definition) is 2. The number of nitrogens with one attached hydrogen (secondary N) is 2. The maximum atomic E-state index is 7.08. The lowest BCUT2D eigenvalue weighted by Crippen LogP contribution is -2.05. The van der Waals surface area contributed by atoms with Crippen LogP contribution < -0.4 is 5.32 Å². The fraction of sp³-hybridized carbons (Fsp3) is 0.308. The first-order valence-corrected chi connectivity index (χ1v) is 5.78. The number of halogens is 1. The monoisotopic (exact) mass is 236 g/mol. The van der Waals surface area contributed by atoms with E-state index in [9.17, 15) is 0 Å². The van der Waals surface area contributed by atoms with E-state index < -0.39 is 0 Å². The van der Waals surface area contributed by atoms with E-state index in [0.717, 1.165) is 29.1 Å². The van der Waals surface area contributed by atoms with Crippen molar-refractivity contribution in [3.05, 3.63) is 40.4 Å². The van der Waals surface area contributed by atoms with Crippen molar-refractivity contribution < 1.29 is 0 Å². The van der Waals surface area contributed by atoms with E-state index in [2.05, 4.69) is 18.3 Å². The minimum absolute atomic E-state index is 0.730. The number of rotatable bonds is 5. The van der Waals surface area contributed by atoms with Gasteiger partial charge in [0.15, 0.2) is 0 Å². The van der Waals surface area contributed by atoms with Gasteiger partial charge in [-0.1, -0.05) is 37.1 Å². The third kappa shape index (κ3) is 3.11. The molecule has 0 amide bonds. The molecular formula is C13H17ClN2. The molecule has 0 saturated carbocycles. The highest BCUT2D eigenvalue weighted by Crippen LogP contribution is 2.23. The van der Waals surface area contributed by atoms with Crippen LogP contribution in [-0.4, -0.2) is 13.3 Å². The Kier molecular flexibility index (Phi) is 5.06. The predicted octanol–water partition coefficient (Wildman–Crippen LogP) is 3.50. The normalized spacial score (nSPS) is 11.3. The Morgan fingerprint density at radius 2 is 2.25 bits per heavy atom. The summed E-state index contributed by atoms with van der Waals surface area (Å²) < 4.78 is 0. The third-order valence-electron chi connectivity index (χ3n) is 2.38. The highest BCUT2D eigenvalue weighted by atomic mass is 35.5. The Hall–Kier alpha value is -1.28. The molecule has 0 radical (unpaired) electrons. The predicted molar refractivity (Wildman–Crippen MR) is 71.3 cm³/mol. The second kappa shape index (κ2) is 6.33. The van der Waals surface area contributed by atoms with Gasteiger partial charge >= 0.3 is 0 Å². The smallest absolute Gasteiger partial charge is 0.0501 e. The van der Waals surface area contributed by atoms with Crippen LogP contribution in [0.25, 0.3) is 5.70 Å². The maximum Gasteiger partial charge on any atom is 0.0501 e. The standard InChI is InChI=1S/C13H17ClN2/c1-3-4-10-5-6-11(12(14)9-10)13(16-2)7-8-15/h5-9,15-16H,3-4H2,1-2H3/b13-7-,15-8?. The number of allylic oxidation sites excluding steroid dienone is 1. The minimum atomic E-state index is 0.730. The summed E-state index contributed by atoms with van der Waals surface area (Å²) in [6.07, 6.45) is 5.11. The van der Waals surface area contributed by atoms with E-state index in [-0.39, 0.29) is 0 Å². The zero-order chi connectivity index (χ0) is 12.0. The second-order valence-electron chi connectivity index (χ2n) is 3.56. The molecule has 0 unspecified atom stereocenters. The molecule has 0 heterocycles. The summed E-state index contributed by atoms with van der Waals surface area (Å²) >= 11 is 6.22. The van der Waals surface area contributed by atoms with Gasteiger partial charge in [-0.25, -0.2) is 0 Å². The molecule has 16 heavy (non-hydrogen) atoms. The lowest BCUT2D eigenvalue weighted by atomic mass is 10.1. The average molecular weight is 237 g/mol. The molecule has 0 aliphatic carbocycles. The summed E-state index contributed by atoms with van der Waals surface area (Å²) in [5, 5.41) is 10.8. The van der Waals surface area contributed by atoms with Crippen molar-refractivity contribution in [1.82, 2.24) is 5.32 Å². The van der Waals surface area contributed by atoms with Crippen molar-refractivity contribution in [1.29, 1.82) is 5.41 Å². The lowest BCUT2D eigenvalue weighted by molar-refractivity contribution is 0.921. The first-order valence-electron chi connectivity index (χ1n) is 5.40. The average Bonchev–Trinajstić information content (AvgIpc) is 2.27. The summed E-state index contributed by atoms with van der Waals surface area (Å²) in [6, 6.07) is 6.08. The number of hydrogen-bond acceptors (Lipinski definition) is 2. The Morgan fingerprint density at radius 1 is 1.50 bits per heavy atom. The third-order valence-corrected chi connectivity index (χ3v) is 2.69. The van der Waals surface area contributed by atoms with E-state index in [1.807, 2.05) is 19.2 Å². The number of benzene rings is 1. The summed E-state index contributed by atoms with van der Waals surface area (Å²) in [5.41, 5.74) is 3.05. The Bertz CT molecular complexity index is 397. The molecule has 2 N–H and O–H groups in total. The van der Waals surface area contributed by atoms with Crippen molar-refractivity contribution in [3.8, 4) is 0 Å². The van der Waals surface area contributed by atoms with Gasteiger partial charge in [0.1, 0.15) is 0 Å². The van der Waals surface area contributed by atoms with Gasteiger partial charge in [-0.2, -0.15) is 0 Å². The van der Waals surface area contributed by atoms with E-state index in [1.165, 1.54) is 11.8 Å². The molecule has 0 aromatic heterocycles. The van der Waals surface area contributed by atoms with Gasteiger partial charge < -0.3 is 10.7 Å². The fourth-order valence-electron chi connectivity index (χ4n) is 1.61. The Balaban J connectivity index is 3.06. The summed E-state index contributed by atoms with van der Waals surface area (Å²) in [7, 11) is 1.83. The molecule has 86 valence electrons. The summed E-state index contributed by atoms with van der Waals surface area (Å²) in [6.45, 7) is 2.15. The van der Waals surface area contributed by atoms with Crippen molar-refractivity contribution in [3.63, 3.8) is 0 Å². The molecule has 0 aliphatic rings. The van der Waals surface area contributed by atoms with E-state index in [1.54, 1.807) is 6.08 Å². The summed E-state index contributed by atoms with van der Waals surface area (Å²) in [4.78, 5) is 0. The van der Waals surface area contributed by atoms with Gasteiger partial charge in [0, 0.05) is 24.5 Å². The topological polar surface area (TPSA) is 35.9 Å². The van der Waals surface area contributed by atoms with E-state index in [0.29, 0.717) is 0 Å². The highest BCUT2D eigenvalue weighted by molar-refractivity contribution is 6.32. The molecule has 0 atom stereocenters. The minimum Gasteiger partial charge on any atom is -0.388 e. The fourth-order valence-corrected chi connectivity index (χ4v) is 1.92. The highest BCUT2D eigenvalue weighted by Gasteiger charge is 2.05. The van der Waals surface area contributed by atoms with Crippen LogP contribution in [0.1, 0.15) is 24.5 Å². The molecule has 0 aliphatic heterocycles. The molecule has 1 aromatic carbocycles. The van der Waals surface area contributed by atoms with Crippen LogP contribution in [0.4, 0.5) is 0 Å². The zero-order valence-corrected chi connectivity index (χ0v) is 10.4. The number of aryl methyl sites for hydroxylation is 1. The van der Waals surface area contributed by atoms with Crippen LogP contribution in [0, 0.1) is 5.41 Å². The van der Waals surface area contributed by atoms with Crippen molar-refractivity contribution >= 4 is 23.5 Å². The van der Waals surface area contributed by atoms with Gasteiger partial charge in [0.05, 0.1) is 5.02 Å². The van der Waals surface area contributed by atoms with Crippen LogP contribution in [0.15, 0.2) is 24.3 Å². The van der Waals surface area contributed by atoms with Crippen LogP contribution >= 0.6 is 11.6 Å². The first-order chi connectivity index (χ1) is 7.72. The van der Waals surface area contributed by atoms with Crippen molar-refractivity contribution in [2.75, 3.05) is 7.05 Å². The molecule has 1 rings (SSSR count). The Labute approximate surface area is 102 Å². The largest absolute Gasteiger partial charge is 0.388 e. The van der Waals surface area contributed by atoms with Gasteiger partial charge in [-0.05, 0) is 24.1 Å². The molecule has 3 heteroatoms. The van der Waals surface area contributed by atoms with Crippen molar-refractivity contribution in [2.24, 2.45) is 0 Å². The van der Waals surface area contributed by atoms with Crippen molar-refractivity contribution in [2.45, 2.75) is 19.8 Å². The zero-order valence-electron chi connectivity index (χ0n) is 9.68. The second-order valence-corrected chi connectivity index (χ2v) is 3.97. The summed E-state index contributed by atoms with van der Waals surface area (Å²) in [5.74, 6) is 0. The van der Waals surface area contributed by atoms with Gasteiger partial charge in [-0.15, -0.1) is 0 Å². The van der Waals surface area contributed by atoms with Crippen LogP contribution in [0.5, 0.6) is 0 Å². The van der Waals surface area contributed by atoms with Crippen LogP contribution in [0.3, 0.4) is 0 Å².